The van der Waals surface area contributed by atoms with Gasteiger partial charge in [-0.15, -0.1) is 0 Å². The summed E-state index contributed by atoms with van der Waals surface area (Å²) in [6.45, 7) is 0. The lowest BCUT2D eigenvalue weighted by Gasteiger charge is -2.03. The van der Waals surface area contributed by atoms with Gasteiger partial charge in [-0.1, -0.05) is 30.3 Å². The molecule has 0 bridgehead atoms. The van der Waals surface area contributed by atoms with Crippen molar-refractivity contribution in [1.29, 1.82) is 0 Å². The summed E-state index contributed by atoms with van der Waals surface area (Å²) in [5.74, 6) is 0. The van der Waals surface area contributed by atoms with Gasteiger partial charge < -0.3 is 36.3 Å². The largest absolute Gasteiger partial charge is 1.00 e. The van der Waals surface area contributed by atoms with Crippen LogP contribution < -0.4 is 36.3 Å². The molecule has 0 heterocycles. The van der Waals surface area contributed by atoms with Gasteiger partial charge in [-0.25, -0.2) is 0 Å². The van der Waals surface area contributed by atoms with Crippen molar-refractivity contribution >= 4 is 22.1 Å². The number of nitrogen functional groups attached to an aromatic ring is 2. The van der Waals surface area contributed by atoms with Gasteiger partial charge in [-0.05, 0) is 11.5 Å². The van der Waals surface area contributed by atoms with E-state index in [0.29, 0.717) is 11.4 Å². The van der Waals surface area contributed by atoms with E-state index in [2.05, 4.69) is 0 Å². The summed E-state index contributed by atoms with van der Waals surface area (Å²) in [4.78, 5) is 0. The number of hydrogen-bond acceptors (Lipinski definition) is 2. The highest BCUT2D eigenvalue weighted by Crippen LogP contribution is 2.25. The number of anilines is 2. The summed E-state index contributed by atoms with van der Waals surface area (Å²) in [6, 6.07) is 11.7. The van der Waals surface area contributed by atoms with Crippen molar-refractivity contribution in [3.8, 4) is 0 Å². The molecule has 2 aromatic rings. The lowest BCUT2D eigenvalue weighted by atomic mass is 10.1. The van der Waals surface area contributed by atoms with Gasteiger partial charge in [-0.3, -0.25) is 0 Å². The SMILES string of the molecule is Nc1ccc2ccccc2c1N.[Cl-].[Cl-]. The van der Waals surface area contributed by atoms with Crippen molar-refractivity contribution in [2.75, 3.05) is 11.5 Å². The monoisotopic (exact) mass is 228 g/mol. The zero-order chi connectivity index (χ0) is 8.55. The summed E-state index contributed by atoms with van der Waals surface area (Å²) >= 11 is 0. The molecule has 4 heteroatoms. The van der Waals surface area contributed by atoms with Crippen LogP contribution in [-0.2, 0) is 0 Å². The second-order valence-corrected chi connectivity index (χ2v) is 2.79. The standard InChI is InChI=1S/C10H10N2.2ClH/c11-9-6-5-7-3-1-2-4-8(7)10(9)12;;/h1-6H,11-12H2;2*1H/p-2. The molecule has 0 aromatic heterocycles. The minimum atomic E-state index is 0. The van der Waals surface area contributed by atoms with Crippen LogP contribution in [0.3, 0.4) is 0 Å². The minimum absolute atomic E-state index is 0. The van der Waals surface area contributed by atoms with E-state index in [0.717, 1.165) is 10.8 Å². The van der Waals surface area contributed by atoms with Crippen molar-refractivity contribution in [3.05, 3.63) is 36.4 Å². The molecular weight excluding hydrogens is 219 g/mol. The van der Waals surface area contributed by atoms with Crippen molar-refractivity contribution in [2.24, 2.45) is 0 Å². The maximum Gasteiger partial charge on any atom is 0.0627 e. The van der Waals surface area contributed by atoms with Crippen molar-refractivity contribution < 1.29 is 24.8 Å². The summed E-state index contributed by atoms with van der Waals surface area (Å²) in [5, 5.41) is 2.15. The predicted octanol–water partition coefficient (Wildman–Crippen LogP) is -3.99. The molecule has 0 amide bonds. The molecule has 2 nitrogen and oxygen atoms in total. The zero-order valence-electron chi connectivity index (χ0n) is 7.37. The van der Waals surface area contributed by atoms with E-state index in [9.17, 15) is 0 Å². The van der Waals surface area contributed by atoms with Crippen LogP contribution >= 0.6 is 0 Å². The smallest absolute Gasteiger partial charge is 0.0627 e. The Balaban J connectivity index is 0.000000845. The van der Waals surface area contributed by atoms with Crippen molar-refractivity contribution in [2.45, 2.75) is 0 Å². The van der Waals surface area contributed by atoms with Crippen LogP contribution in [0.15, 0.2) is 36.4 Å². The maximum absolute atomic E-state index is 5.79. The van der Waals surface area contributed by atoms with Gasteiger partial charge in [0.15, 0.2) is 0 Å². The fourth-order valence-corrected chi connectivity index (χ4v) is 1.31. The molecular formula is C10H10Cl2N2-2. The quantitative estimate of drug-likeness (QED) is 0.452. The molecule has 14 heavy (non-hydrogen) atoms. The minimum Gasteiger partial charge on any atom is -1.00 e. The van der Waals surface area contributed by atoms with E-state index in [4.69, 9.17) is 11.5 Å². The lowest BCUT2D eigenvalue weighted by Crippen LogP contribution is -3.00. The molecule has 0 aliphatic heterocycles. The second kappa shape index (κ2) is 4.94. The first-order valence-corrected chi connectivity index (χ1v) is 3.82. The third-order valence-electron chi connectivity index (χ3n) is 2.00. The third-order valence-corrected chi connectivity index (χ3v) is 2.00. The molecule has 0 radical (unpaired) electrons. The van der Waals surface area contributed by atoms with E-state index in [-0.39, 0.29) is 24.8 Å². The average molecular weight is 229 g/mol. The Morgan fingerprint density at radius 3 is 2.14 bits per heavy atom. The molecule has 2 aromatic carbocycles. The van der Waals surface area contributed by atoms with Gasteiger partial charge in [-0.2, -0.15) is 0 Å². The number of benzene rings is 2. The van der Waals surface area contributed by atoms with Gasteiger partial charge in [0.1, 0.15) is 0 Å². The van der Waals surface area contributed by atoms with E-state index < -0.39 is 0 Å². The van der Waals surface area contributed by atoms with Crippen LogP contribution in [0.25, 0.3) is 10.8 Å². The highest BCUT2D eigenvalue weighted by molar-refractivity contribution is 5.98. The molecule has 0 aliphatic carbocycles. The topological polar surface area (TPSA) is 52.0 Å². The molecule has 4 N–H and O–H groups in total. The molecule has 0 fully saturated rings. The Hall–Kier alpha value is -1.12. The van der Waals surface area contributed by atoms with Gasteiger partial charge in [0.2, 0.25) is 0 Å². The molecule has 0 saturated heterocycles. The summed E-state index contributed by atoms with van der Waals surface area (Å²) in [6.07, 6.45) is 0. The average Bonchev–Trinajstić information content (AvgIpc) is 2.12. The molecule has 0 unspecified atom stereocenters. The Kier molecular flexibility index (Phi) is 4.54. The summed E-state index contributed by atoms with van der Waals surface area (Å²) < 4.78 is 0. The lowest BCUT2D eigenvalue weighted by molar-refractivity contribution is -0.001000. The van der Waals surface area contributed by atoms with Crippen LogP contribution in [0.1, 0.15) is 0 Å². The second-order valence-electron chi connectivity index (χ2n) is 2.79. The first kappa shape index (κ1) is 12.9. The van der Waals surface area contributed by atoms with Crippen LogP contribution in [0.5, 0.6) is 0 Å². The maximum atomic E-state index is 5.79. The number of halogens is 2. The number of fused-ring (bicyclic) bond motifs is 1. The molecule has 0 atom stereocenters. The molecule has 0 spiro atoms. The molecule has 0 aliphatic rings. The van der Waals surface area contributed by atoms with Crippen LogP contribution in [0.2, 0.25) is 0 Å². The fourth-order valence-electron chi connectivity index (χ4n) is 1.31. The molecule has 2 rings (SSSR count). The first-order chi connectivity index (χ1) is 5.79. The van der Waals surface area contributed by atoms with Gasteiger partial charge >= 0.3 is 0 Å². The highest BCUT2D eigenvalue weighted by Gasteiger charge is 1.98. The van der Waals surface area contributed by atoms with Gasteiger partial charge in [0.05, 0.1) is 11.4 Å². The summed E-state index contributed by atoms with van der Waals surface area (Å²) in [7, 11) is 0. The Labute approximate surface area is 95.1 Å². The van der Waals surface area contributed by atoms with E-state index >= 15 is 0 Å². The highest BCUT2D eigenvalue weighted by atomic mass is 35.5. The van der Waals surface area contributed by atoms with Crippen LogP contribution in [0.4, 0.5) is 11.4 Å². The number of nitrogens with two attached hydrogens (primary N) is 2. The first-order valence-electron chi connectivity index (χ1n) is 3.82. The summed E-state index contributed by atoms with van der Waals surface area (Å²) in [5.41, 5.74) is 12.8. The predicted molar refractivity (Wildman–Crippen MR) is 52.8 cm³/mol. The van der Waals surface area contributed by atoms with E-state index in [1.807, 2.05) is 36.4 Å². The third kappa shape index (κ3) is 2.03. The van der Waals surface area contributed by atoms with Crippen molar-refractivity contribution in [1.82, 2.24) is 0 Å². The Morgan fingerprint density at radius 1 is 0.786 bits per heavy atom. The van der Waals surface area contributed by atoms with Gasteiger partial charge in [0, 0.05) is 5.39 Å². The van der Waals surface area contributed by atoms with Crippen LogP contribution in [-0.4, -0.2) is 0 Å². The molecule has 76 valence electrons. The van der Waals surface area contributed by atoms with E-state index in [1.165, 1.54) is 0 Å². The Bertz CT molecular complexity index is 429. The zero-order valence-corrected chi connectivity index (χ0v) is 8.89. The van der Waals surface area contributed by atoms with Crippen molar-refractivity contribution in [3.63, 3.8) is 0 Å². The Morgan fingerprint density at radius 2 is 1.43 bits per heavy atom. The number of rotatable bonds is 0. The van der Waals surface area contributed by atoms with Crippen LogP contribution in [0, 0.1) is 0 Å². The molecule has 0 saturated carbocycles. The normalized spacial score (nSPS) is 8.86. The van der Waals surface area contributed by atoms with Gasteiger partial charge in [0.25, 0.3) is 0 Å². The fraction of sp³-hybridized carbons (Fsp3) is 0. The van der Waals surface area contributed by atoms with E-state index in [1.54, 1.807) is 0 Å². The number of hydrogen-bond donors (Lipinski definition) is 2.